The van der Waals surface area contributed by atoms with E-state index in [-0.39, 0.29) is 11.8 Å². The highest BCUT2D eigenvalue weighted by Crippen LogP contribution is 2.21. The van der Waals surface area contributed by atoms with Gasteiger partial charge in [-0.05, 0) is 30.7 Å². The normalized spacial score (nSPS) is 10.8. The molecule has 8 nitrogen and oxygen atoms in total. The lowest BCUT2D eigenvalue weighted by Crippen LogP contribution is -2.23. The van der Waals surface area contributed by atoms with E-state index in [1.165, 1.54) is 42.7 Å². The Bertz CT molecular complexity index is 812. The fraction of sp³-hybridized carbons (Fsp3) is 0.476. The lowest BCUT2D eigenvalue weighted by Gasteiger charge is -2.08. The van der Waals surface area contributed by atoms with Crippen molar-refractivity contribution in [1.82, 2.24) is 14.7 Å². The van der Waals surface area contributed by atoms with Crippen LogP contribution in [0.5, 0.6) is 5.75 Å². The number of rotatable bonds is 14. The predicted octanol–water partition coefficient (Wildman–Crippen LogP) is 4.62. The molecule has 0 radical (unpaired) electrons. The van der Waals surface area contributed by atoms with Crippen molar-refractivity contribution in [2.75, 3.05) is 18.9 Å². The molecule has 0 aliphatic carbocycles. The minimum Gasteiger partial charge on any atom is -0.409 e. The summed E-state index contributed by atoms with van der Waals surface area (Å²) < 4.78 is 6.68. The van der Waals surface area contributed by atoms with E-state index in [2.05, 4.69) is 22.5 Å². The molecular weight excluding hydrogens is 434 g/mol. The monoisotopic (exact) mass is 465 g/mol. The fourth-order valence-corrected chi connectivity index (χ4v) is 3.78. The summed E-state index contributed by atoms with van der Waals surface area (Å²) in [7, 11) is 1.66. The van der Waals surface area contributed by atoms with Crippen LogP contribution in [0.2, 0.25) is 0 Å². The summed E-state index contributed by atoms with van der Waals surface area (Å²) in [5.74, 6) is 5.57. The first-order valence-corrected chi connectivity index (χ1v) is 12.0. The topological polar surface area (TPSA) is 110 Å². The summed E-state index contributed by atoms with van der Waals surface area (Å²) in [6.07, 6.45) is 9.90. The van der Waals surface area contributed by atoms with Gasteiger partial charge in [0.1, 0.15) is 10.6 Å². The van der Waals surface area contributed by atoms with Gasteiger partial charge in [-0.25, -0.2) is 4.98 Å². The van der Waals surface area contributed by atoms with Crippen molar-refractivity contribution in [2.24, 2.45) is 5.84 Å². The van der Waals surface area contributed by atoms with Crippen LogP contribution in [0.4, 0.5) is 5.13 Å². The maximum absolute atomic E-state index is 12.4. The van der Waals surface area contributed by atoms with E-state index < -0.39 is 0 Å². The van der Waals surface area contributed by atoms with Gasteiger partial charge in [-0.15, -0.1) is 0 Å². The molecule has 0 bridgehead atoms. The largest absolute Gasteiger partial charge is 0.409 e. The lowest BCUT2D eigenvalue weighted by atomic mass is 10.1. The minimum absolute atomic E-state index is 0.159. The molecule has 2 amide bonds. The van der Waals surface area contributed by atoms with Crippen LogP contribution in [0.15, 0.2) is 30.5 Å². The van der Waals surface area contributed by atoms with Crippen LogP contribution in [0.3, 0.4) is 0 Å². The zero-order valence-corrected chi connectivity index (χ0v) is 19.7. The Balaban J connectivity index is 1.72. The number of nitrogens with zero attached hydrogens (tertiary/aromatic N) is 2. The quantitative estimate of drug-likeness (QED) is 0.123. The first kappa shape index (κ1) is 25.1. The van der Waals surface area contributed by atoms with Gasteiger partial charge in [0.05, 0.1) is 6.20 Å². The summed E-state index contributed by atoms with van der Waals surface area (Å²) in [5, 5.41) is 6.02. The molecule has 4 N–H and O–H groups in total. The molecule has 1 aromatic carbocycles. The Hall–Kier alpha value is -2.14. The molecule has 1 heterocycles. The Morgan fingerprint density at radius 1 is 1.10 bits per heavy atom. The van der Waals surface area contributed by atoms with Crippen LogP contribution in [0.25, 0.3) is 0 Å². The average Bonchev–Trinajstić information content (AvgIpc) is 3.23. The zero-order chi connectivity index (χ0) is 22.5. The first-order valence-electron chi connectivity index (χ1n) is 10.5. The lowest BCUT2D eigenvalue weighted by molar-refractivity contribution is 0.0955. The molecule has 170 valence electrons. The Labute approximate surface area is 192 Å². The predicted molar refractivity (Wildman–Crippen MR) is 127 cm³/mol. The van der Waals surface area contributed by atoms with Crippen LogP contribution in [-0.4, -0.2) is 34.8 Å². The molecular formula is C21H31N5O3S2. The number of hydrazine groups is 1. The van der Waals surface area contributed by atoms with Crippen molar-refractivity contribution in [1.29, 1.82) is 0 Å². The van der Waals surface area contributed by atoms with Gasteiger partial charge in [0.15, 0.2) is 17.4 Å². The van der Waals surface area contributed by atoms with Crippen molar-refractivity contribution >= 4 is 40.5 Å². The van der Waals surface area contributed by atoms with Crippen LogP contribution in [0, 0.1) is 0 Å². The van der Waals surface area contributed by atoms with Crippen molar-refractivity contribution in [2.45, 2.75) is 51.9 Å². The van der Waals surface area contributed by atoms with Crippen LogP contribution >= 0.6 is 23.6 Å². The highest BCUT2D eigenvalue weighted by atomic mass is 32.2. The van der Waals surface area contributed by atoms with Crippen LogP contribution in [0.1, 0.15) is 71.9 Å². The molecule has 1 aromatic heterocycles. The number of nitrogens with one attached hydrogen (secondary N) is 2. The smallest absolute Gasteiger partial charge is 0.263 e. The fourth-order valence-electron chi connectivity index (χ4n) is 2.74. The number of amides is 2. The number of aromatic nitrogens is 1. The molecule has 10 heteroatoms. The number of benzene rings is 1. The van der Waals surface area contributed by atoms with Gasteiger partial charge in [0.2, 0.25) is 0 Å². The SMILES string of the molecule is CCCCCCCCCNC(=O)c1cnc(NC(=O)c2ccc(OSN(C)N)cc2)s1. The maximum atomic E-state index is 12.4. The third-order valence-corrected chi connectivity index (χ3v) is 5.80. The molecule has 0 spiro atoms. The Morgan fingerprint density at radius 2 is 1.77 bits per heavy atom. The summed E-state index contributed by atoms with van der Waals surface area (Å²) >= 11 is 2.14. The zero-order valence-electron chi connectivity index (χ0n) is 18.1. The molecule has 0 aliphatic rings. The van der Waals surface area contributed by atoms with E-state index in [0.29, 0.717) is 27.9 Å². The average molecular weight is 466 g/mol. The number of nitrogens with two attached hydrogens (primary N) is 1. The number of thiazole rings is 1. The van der Waals surface area contributed by atoms with Crippen LogP contribution < -0.4 is 20.7 Å². The maximum Gasteiger partial charge on any atom is 0.263 e. The second-order valence-electron chi connectivity index (χ2n) is 7.09. The number of unbranched alkanes of at least 4 members (excludes halogenated alkanes) is 6. The molecule has 0 atom stereocenters. The third-order valence-electron chi connectivity index (χ3n) is 4.38. The van der Waals surface area contributed by atoms with Gasteiger partial charge in [-0.1, -0.05) is 56.8 Å². The van der Waals surface area contributed by atoms with Crippen molar-refractivity contribution in [3.05, 3.63) is 40.9 Å². The molecule has 0 fully saturated rings. The molecule has 31 heavy (non-hydrogen) atoms. The molecule has 0 unspecified atom stereocenters. The van der Waals surface area contributed by atoms with E-state index in [9.17, 15) is 9.59 Å². The van der Waals surface area contributed by atoms with Crippen molar-refractivity contribution in [3.63, 3.8) is 0 Å². The molecule has 2 rings (SSSR count). The summed E-state index contributed by atoms with van der Waals surface area (Å²) in [4.78, 5) is 29.3. The number of anilines is 1. The van der Waals surface area contributed by atoms with Gasteiger partial charge in [0, 0.05) is 19.2 Å². The number of carbonyl (C=O) groups excluding carboxylic acids is 2. The summed E-state index contributed by atoms with van der Waals surface area (Å²) in [6, 6.07) is 6.64. The molecule has 0 saturated carbocycles. The highest BCUT2D eigenvalue weighted by molar-refractivity contribution is 7.92. The molecule has 2 aromatic rings. The van der Waals surface area contributed by atoms with Crippen molar-refractivity contribution < 1.29 is 13.8 Å². The van der Waals surface area contributed by atoms with Gasteiger partial charge in [-0.2, -0.15) is 4.41 Å². The summed E-state index contributed by atoms with van der Waals surface area (Å²) in [6.45, 7) is 2.86. The highest BCUT2D eigenvalue weighted by Gasteiger charge is 2.13. The second-order valence-corrected chi connectivity index (χ2v) is 9.01. The van der Waals surface area contributed by atoms with Gasteiger partial charge < -0.3 is 9.50 Å². The van der Waals surface area contributed by atoms with E-state index in [4.69, 9.17) is 10.0 Å². The minimum atomic E-state index is -0.306. The first-order chi connectivity index (χ1) is 15.0. The van der Waals surface area contributed by atoms with Crippen molar-refractivity contribution in [3.8, 4) is 5.75 Å². The third kappa shape index (κ3) is 9.69. The van der Waals surface area contributed by atoms with E-state index in [0.717, 1.165) is 36.4 Å². The van der Waals surface area contributed by atoms with Crippen LogP contribution in [-0.2, 0) is 0 Å². The van der Waals surface area contributed by atoms with E-state index >= 15 is 0 Å². The van der Waals surface area contributed by atoms with Gasteiger partial charge in [0.25, 0.3) is 11.8 Å². The van der Waals surface area contributed by atoms with E-state index in [1.54, 1.807) is 31.3 Å². The summed E-state index contributed by atoms with van der Waals surface area (Å²) in [5.41, 5.74) is 0.457. The Kier molecular flexibility index (Phi) is 11.4. The second kappa shape index (κ2) is 14.0. The molecule has 0 saturated heterocycles. The number of carbonyl (C=O) groups is 2. The van der Waals surface area contributed by atoms with E-state index in [1.807, 2.05) is 0 Å². The van der Waals surface area contributed by atoms with Gasteiger partial charge in [-0.3, -0.25) is 20.7 Å². The standard InChI is InChI=1S/C21H31N5O3S2/c1-3-4-5-6-7-8-9-14-23-20(28)18-15-24-21(30-18)25-19(27)16-10-12-17(13-11-16)29-31-26(2)22/h10-13,15H,3-9,14,22H2,1-2H3,(H,23,28)(H,24,25,27). The Morgan fingerprint density at radius 3 is 2.45 bits per heavy atom. The number of hydrogen-bond donors (Lipinski definition) is 3. The van der Waals surface area contributed by atoms with Gasteiger partial charge >= 0.3 is 0 Å². The number of hydrogen-bond acceptors (Lipinski definition) is 8. The molecule has 0 aliphatic heterocycles.